The van der Waals surface area contributed by atoms with Gasteiger partial charge in [-0.15, -0.1) is 0 Å². The van der Waals surface area contributed by atoms with Gasteiger partial charge >= 0.3 is 0 Å². The van der Waals surface area contributed by atoms with E-state index < -0.39 is 0 Å². The van der Waals surface area contributed by atoms with Crippen LogP contribution in [0, 0.1) is 5.41 Å². The van der Waals surface area contributed by atoms with Crippen molar-refractivity contribution in [2.24, 2.45) is 12.5 Å². The lowest BCUT2D eigenvalue weighted by Crippen LogP contribution is -2.44. The van der Waals surface area contributed by atoms with Crippen LogP contribution in [0.2, 0.25) is 0 Å². The van der Waals surface area contributed by atoms with Crippen molar-refractivity contribution in [3.8, 4) is 0 Å². The monoisotopic (exact) mass is 339 g/mol. The number of carbonyl (C=O) groups excluding carboxylic acids is 1. The molecule has 0 unspecified atom stereocenters. The Bertz CT molecular complexity index is 733. The fourth-order valence-electron chi connectivity index (χ4n) is 4.15. The third-order valence-corrected chi connectivity index (χ3v) is 5.66. The van der Waals surface area contributed by atoms with Crippen LogP contribution in [0.5, 0.6) is 0 Å². The lowest BCUT2D eigenvalue weighted by atomic mass is 9.77. The molecule has 1 spiro atoms. The van der Waals surface area contributed by atoms with Gasteiger partial charge in [-0.25, -0.2) is 0 Å². The van der Waals surface area contributed by atoms with E-state index in [2.05, 4.69) is 21.2 Å². The molecule has 4 rings (SSSR count). The summed E-state index contributed by atoms with van der Waals surface area (Å²) in [6.07, 6.45) is 8.71. The average molecular weight is 339 g/mol. The Labute approximate surface area is 148 Å². The number of rotatable bonds is 4. The van der Waals surface area contributed by atoms with Crippen molar-refractivity contribution in [3.63, 3.8) is 0 Å². The number of nitrogens with zero attached hydrogens (tertiary/aromatic N) is 5. The van der Waals surface area contributed by atoms with Crippen LogP contribution in [0.4, 0.5) is 0 Å². The molecule has 0 aromatic carbocycles. The summed E-state index contributed by atoms with van der Waals surface area (Å²) in [6.45, 7) is 4.39. The zero-order valence-corrected chi connectivity index (χ0v) is 14.8. The van der Waals surface area contributed by atoms with E-state index in [1.165, 1.54) is 5.56 Å². The van der Waals surface area contributed by atoms with Crippen molar-refractivity contribution in [2.75, 3.05) is 19.6 Å². The molecule has 2 fully saturated rings. The Balaban J connectivity index is 1.35. The molecule has 2 aliphatic rings. The molecule has 25 heavy (non-hydrogen) atoms. The predicted octanol–water partition coefficient (Wildman–Crippen LogP) is 1.83. The third-order valence-electron chi connectivity index (χ3n) is 5.66. The normalized spacial score (nSPS) is 20.5. The van der Waals surface area contributed by atoms with E-state index in [1.54, 1.807) is 6.20 Å². The molecule has 0 bridgehead atoms. The molecule has 0 radical (unpaired) electrons. The van der Waals surface area contributed by atoms with E-state index in [0.717, 1.165) is 51.1 Å². The van der Waals surface area contributed by atoms with Crippen molar-refractivity contribution < 1.29 is 4.79 Å². The molecular weight excluding hydrogens is 314 g/mol. The standard InChI is InChI=1S/C19H25N5O/c1-22-13-16(12-21-22)14-23-9-5-19(6-10-23)7-11-24(18(19)25)15-17-4-2-3-8-20-17/h2-4,8,12-13H,5-7,9-11,14-15H2,1H3. The van der Waals surface area contributed by atoms with Crippen LogP contribution in [0.15, 0.2) is 36.8 Å². The molecule has 2 saturated heterocycles. The number of pyridine rings is 1. The SMILES string of the molecule is Cn1cc(CN2CCC3(CC2)CCN(Cc2ccccn2)C3=O)cn1. The highest BCUT2D eigenvalue weighted by molar-refractivity contribution is 5.85. The Morgan fingerprint density at radius 3 is 2.60 bits per heavy atom. The van der Waals surface area contributed by atoms with Crippen molar-refractivity contribution in [3.05, 3.63) is 48.0 Å². The lowest BCUT2D eigenvalue weighted by Gasteiger charge is -2.37. The largest absolute Gasteiger partial charge is 0.336 e. The number of hydrogen-bond acceptors (Lipinski definition) is 4. The second-order valence-electron chi connectivity index (χ2n) is 7.38. The topological polar surface area (TPSA) is 54.3 Å². The number of carbonyl (C=O) groups is 1. The van der Waals surface area contributed by atoms with Crippen LogP contribution in [0.1, 0.15) is 30.5 Å². The summed E-state index contributed by atoms with van der Waals surface area (Å²) in [5.74, 6) is 0.333. The molecule has 2 aliphatic heterocycles. The van der Waals surface area contributed by atoms with Crippen LogP contribution in [0.3, 0.4) is 0 Å². The first-order valence-electron chi connectivity index (χ1n) is 9.04. The summed E-state index contributed by atoms with van der Waals surface area (Å²) in [5.41, 5.74) is 2.08. The minimum atomic E-state index is -0.139. The van der Waals surface area contributed by atoms with Gasteiger partial charge in [-0.05, 0) is 44.5 Å². The molecule has 1 amide bonds. The lowest BCUT2D eigenvalue weighted by molar-refractivity contribution is -0.139. The predicted molar refractivity (Wildman–Crippen MR) is 94.4 cm³/mol. The van der Waals surface area contributed by atoms with E-state index >= 15 is 0 Å². The maximum atomic E-state index is 13.0. The molecule has 0 atom stereocenters. The number of aromatic nitrogens is 3. The van der Waals surface area contributed by atoms with Crippen molar-refractivity contribution in [2.45, 2.75) is 32.4 Å². The van der Waals surface area contributed by atoms with Gasteiger partial charge in [-0.1, -0.05) is 6.07 Å². The summed E-state index contributed by atoms with van der Waals surface area (Å²) >= 11 is 0. The summed E-state index contributed by atoms with van der Waals surface area (Å²) in [4.78, 5) is 21.8. The van der Waals surface area contributed by atoms with Crippen LogP contribution >= 0.6 is 0 Å². The van der Waals surface area contributed by atoms with Gasteiger partial charge in [0.2, 0.25) is 5.91 Å². The number of amides is 1. The maximum absolute atomic E-state index is 13.0. The van der Waals surface area contributed by atoms with Gasteiger partial charge < -0.3 is 4.90 Å². The van der Waals surface area contributed by atoms with Crippen LogP contribution in [-0.4, -0.2) is 50.1 Å². The Hall–Kier alpha value is -2.21. The van der Waals surface area contributed by atoms with Gasteiger partial charge in [0, 0.05) is 38.1 Å². The molecular formula is C19H25N5O. The Morgan fingerprint density at radius 2 is 1.92 bits per heavy atom. The highest BCUT2D eigenvalue weighted by Crippen LogP contribution is 2.42. The van der Waals surface area contributed by atoms with Gasteiger partial charge in [-0.2, -0.15) is 5.10 Å². The minimum absolute atomic E-state index is 0.139. The second kappa shape index (κ2) is 6.59. The molecule has 2 aromatic heterocycles. The summed E-state index contributed by atoms with van der Waals surface area (Å²) < 4.78 is 1.84. The van der Waals surface area contributed by atoms with E-state index in [9.17, 15) is 4.79 Å². The molecule has 132 valence electrons. The highest BCUT2D eigenvalue weighted by Gasteiger charge is 2.47. The molecule has 0 N–H and O–H groups in total. The van der Waals surface area contributed by atoms with Gasteiger partial charge in [0.05, 0.1) is 23.9 Å². The Kier molecular flexibility index (Phi) is 4.29. The molecule has 0 saturated carbocycles. The first-order chi connectivity index (χ1) is 12.1. The molecule has 2 aromatic rings. The average Bonchev–Trinajstić information content (AvgIpc) is 3.17. The zero-order valence-electron chi connectivity index (χ0n) is 14.8. The smallest absolute Gasteiger partial charge is 0.229 e. The van der Waals surface area contributed by atoms with Gasteiger partial charge in [0.25, 0.3) is 0 Å². The maximum Gasteiger partial charge on any atom is 0.229 e. The second-order valence-corrected chi connectivity index (χ2v) is 7.38. The molecule has 4 heterocycles. The van der Waals surface area contributed by atoms with Crippen LogP contribution < -0.4 is 0 Å². The fraction of sp³-hybridized carbons (Fsp3) is 0.526. The number of piperidine rings is 1. The molecule has 0 aliphatic carbocycles. The number of aryl methyl sites for hydroxylation is 1. The van der Waals surface area contributed by atoms with Crippen molar-refractivity contribution in [1.82, 2.24) is 24.6 Å². The summed E-state index contributed by atoms with van der Waals surface area (Å²) in [7, 11) is 1.95. The van der Waals surface area contributed by atoms with Gasteiger partial charge in [-0.3, -0.25) is 19.4 Å². The van der Waals surface area contributed by atoms with Crippen LogP contribution in [-0.2, 0) is 24.9 Å². The summed E-state index contributed by atoms with van der Waals surface area (Å²) in [5, 5.41) is 4.24. The first-order valence-corrected chi connectivity index (χ1v) is 9.04. The fourth-order valence-corrected chi connectivity index (χ4v) is 4.15. The minimum Gasteiger partial charge on any atom is -0.336 e. The number of likely N-dealkylation sites (tertiary alicyclic amines) is 2. The summed E-state index contributed by atoms with van der Waals surface area (Å²) in [6, 6.07) is 5.89. The quantitative estimate of drug-likeness (QED) is 0.853. The molecule has 6 nitrogen and oxygen atoms in total. The molecule has 6 heteroatoms. The number of hydrogen-bond donors (Lipinski definition) is 0. The van der Waals surface area contributed by atoms with Gasteiger partial charge in [0.15, 0.2) is 0 Å². The van der Waals surface area contributed by atoms with E-state index in [1.807, 2.05) is 41.0 Å². The van der Waals surface area contributed by atoms with E-state index in [-0.39, 0.29) is 5.41 Å². The van der Waals surface area contributed by atoms with Crippen molar-refractivity contribution in [1.29, 1.82) is 0 Å². The third kappa shape index (κ3) is 3.31. The van der Waals surface area contributed by atoms with Crippen molar-refractivity contribution >= 4 is 5.91 Å². The van der Waals surface area contributed by atoms with E-state index in [0.29, 0.717) is 12.5 Å². The first kappa shape index (κ1) is 16.3. The highest BCUT2D eigenvalue weighted by atomic mass is 16.2. The van der Waals surface area contributed by atoms with E-state index in [4.69, 9.17) is 0 Å². The van der Waals surface area contributed by atoms with Gasteiger partial charge in [0.1, 0.15) is 0 Å². The zero-order chi connectivity index (χ0) is 17.3. The Morgan fingerprint density at radius 1 is 1.12 bits per heavy atom. The van der Waals surface area contributed by atoms with Crippen LogP contribution in [0.25, 0.3) is 0 Å².